The number of anilines is 1. The van der Waals surface area contributed by atoms with Gasteiger partial charge in [-0.2, -0.15) is 0 Å². The van der Waals surface area contributed by atoms with Gasteiger partial charge in [-0.3, -0.25) is 4.79 Å². The van der Waals surface area contributed by atoms with Crippen LogP contribution in [-0.4, -0.2) is 23.3 Å². The van der Waals surface area contributed by atoms with Crippen LogP contribution in [0, 0.1) is 0 Å². The predicted molar refractivity (Wildman–Crippen MR) is 118 cm³/mol. The second kappa shape index (κ2) is 10.9. The third-order valence-electron chi connectivity index (χ3n) is 3.93. The first-order valence-electron chi connectivity index (χ1n) is 9.41. The van der Waals surface area contributed by atoms with Crippen molar-refractivity contribution < 1.29 is 9.53 Å². The van der Waals surface area contributed by atoms with E-state index >= 15 is 0 Å². The van der Waals surface area contributed by atoms with Gasteiger partial charge in [0.1, 0.15) is 5.75 Å². The summed E-state index contributed by atoms with van der Waals surface area (Å²) in [6.07, 6.45) is 2.32. The molecular formula is C22H24N2O2S2. The average molecular weight is 413 g/mol. The molecule has 0 radical (unpaired) electrons. The van der Waals surface area contributed by atoms with Gasteiger partial charge in [0.2, 0.25) is 5.91 Å². The lowest BCUT2D eigenvalue weighted by molar-refractivity contribution is -0.116. The Hall–Kier alpha value is -2.31. The number of nitrogens with one attached hydrogen (secondary N) is 1. The molecule has 1 aromatic heterocycles. The maximum atomic E-state index is 12.1. The first kappa shape index (κ1) is 20.4. The van der Waals surface area contributed by atoms with Crippen molar-refractivity contribution in [3.63, 3.8) is 0 Å². The zero-order valence-corrected chi connectivity index (χ0v) is 17.5. The zero-order valence-electron chi connectivity index (χ0n) is 15.9. The summed E-state index contributed by atoms with van der Waals surface area (Å²) in [5.41, 5.74) is 1.88. The van der Waals surface area contributed by atoms with Gasteiger partial charge in [0.15, 0.2) is 5.13 Å². The van der Waals surface area contributed by atoms with Crippen LogP contribution in [0.2, 0.25) is 0 Å². The Bertz CT molecular complexity index is 864. The molecule has 1 N–H and O–H groups in total. The Morgan fingerprint density at radius 3 is 2.68 bits per heavy atom. The second-order valence-corrected chi connectivity index (χ2v) is 8.25. The highest BCUT2D eigenvalue weighted by Gasteiger charge is 2.08. The van der Waals surface area contributed by atoms with E-state index in [9.17, 15) is 4.79 Å². The van der Waals surface area contributed by atoms with Gasteiger partial charge in [0.25, 0.3) is 0 Å². The van der Waals surface area contributed by atoms with Crippen LogP contribution in [0.3, 0.4) is 0 Å². The molecule has 0 aliphatic heterocycles. The fraction of sp³-hybridized carbons (Fsp3) is 0.273. The average Bonchev–Trinajstić information content (AvgIpc) is 3.19. The SMILES string of the molecule is CCCOc1ccc(-c2csc(NC(=O)CCCSc3ccccc3)n2)cc1. The van der Waals surface area contributed by atoms with E-state index in [1.807, 2.05) is 47.8 Å². The van der Waals surface area contributed by atoms with Crippen LogP contribution in [0.4, 0.5) is 5.13 Å². The number of hydrogen-bond donors (Lipinski definition) is 1. The van der Waals surface area contributed by atoms with E-state index in [0.29, 0.717) is 11.6 Å². The van der Waals surface area contributed by atoms with Crippen LogP contribution >= 0.6 is 23.1 Å². The first-order chi connectivity index (χ1) is 13.7. The number of carbonyl (C=O) groups is 1. The number of aromatic nitrogens is 1. The number of thioether (sulfide) groups is 1. The van der Waals surface area contributed by atoms with Gasteiger partial charge >= 0.3 is 0 Å². The number of nitrogens with zero attached hydrogens (tertiary/aromatic N) is 1. The summed E-state index contributed by atoms with van der Waals surface area (Å²) in [6, 6.07) is 18.1. The van der Waals surface area contributed by atoms with Crippen molar-refractivity contribution >= 4 is 34.1 Å². The van der Waals surface area contributed by atoms with Crippen molar-refractivity contribution in [2.24, 2.45) is 0 Å². The number of amides is 1. The van der Waals surface area contributed by atoms with Crippen LogP contribution in [0.5, 0.6) is 5.75 Å². The molecule has 146 valence electrons. The second-order valence-electron chi connectivity index (χ2n) is 6.22. The van der Waals surface area contributed by atoms with Crippen LogP contribution in [0.25, 0.3) is 11.3 Å². The molecule has 0 aliphatic carbocycles. The predicted octanol–water partition coefficient (Wildman–Crippen LogP) is 6.11. The lowest BCUT2D eigenvalue weighted by Gasteiger charge is -2.04. The minimum absolute atomic E-state index is 0.0119. The maximum Gasteiger partial charge on any atom is 0.226 e. The summed E-state index contributed by atoms with van der Waals surface area (Å²) in [7, 11) is 0. The monoisotopic (exact) mass is 412 g/mol. The summed E-state index contributed by atoms with van der Waals surface area (Å²) >= 11 is 3.22. The van der Waals surface area contributed by atoms with Crippen molar-refractivity contribution in [2.75, 3.05) is 17.7 Å². The van der Waals surface area contributed by atoms with Crippen molar-refractivity contribution in [1.29, 1.82) is 0 Å². The molecule has 1 amide bonds. The normalized spacial score (nSPS) is 10.6. The van der Waals surface area contributed by atoms with Gasteiger partial charge in [-0.25, -0.2) is 4.98 Å². The van der Waals surface area contributed by atoms with E-state index in [-0.39, 0.29) is 5.91 Å². The quantitative estimate of drug-likeness (QED) is 0.322. The largest absolute Gasteiger partial charge is 0.494 e. The Kier molecular flexibility index (Phi) is 7.94. The fourth-order valence-electron chi connectivity index (χ4n) is 2.53. The minimum Gasteiger partial charge on any atom is -0.494 e. The van der Waals surface area contributed by atoms with E-state index in [1.54, 1.807) is 11.8 Å². The van der Waals surface area contributed by atoms with Crippen molar-refractivity contribution in [1.82, 2.24) is 4.98 Å². The standard InChI is InChI=1S/C22H24N2O2S2/c1-2-14-26-18-12-10-17(11-13-18)20-16-28-22(23-20)24-21(25)9-6-15-27-19-7-4-3-5-8-19/h3-5,7-8,10-13,16H,2,6,9,14-15H2,1H3,(H,23,24,25). The molecule has 2 aromatic carbocycles. The summed E-state index contributed by atoms with van der Waals surface area (Å²) in [4.78, 5) is 17.9. The topological polar surface area (TPSA) is 51.2 Å². The highest BCUT2D eigenvalue weighted by molar-refractivity contribution is 7.99. The number of thiazole rings is 1. The highest BCUT2D eigenvalue weighted by Crippen LogP contribution is 2.27. The highest BCUT2D eigenvalue weighted by atomic mass is 32.2. The van der Waals surface area contributed by atoms with Gasteiger partial charge in [-0.1, -0.05) is 25.1 Å². The Morgan fingerprint density at radius 2 is 1.93 bits per heavy atom. The van der Waals surface area contributed by atoms with Gasteiger partial charge in [-0.15, -0.1) is 23.1 Å². The van der Waals surface area contributed by atoms with Crippen LogP contribution in [0.1, 0.15) is 26.2 Å². The zero-order chi connectivity index (χ0) is 19.6. The van der Waals surface area contributed by atoms with Gasteiger partial charge in [0.05, 0.1) is 12.3 Å². The molecule has 0 saturated carbocycles. The number of carbonyl (C=O) groups excluding carboxylic acids is 1. The maximum absolute atomic E-state index is 12.1. The fourth-order valence-corrected chi connectivity index (χ4v) is 4.14. The lowest BCUT2D eigenvalue weighted by Crippen LogP contribution is -2.11. The Labute approximate surface area is 174 Å². The van der Waals surface area contributed by atoms with Gasteiger partial charge in [-0.05, 0) is 55.0 Å². The van der Waals surface area contributed by atoms with E-state index in [4.69, 9.17) is 4.74 Å². The molecule has 1 heterocycles. The molecule has 3 aromatic rings. The van der Waals surface area contributed by atoms with Crippen LogP contribution in [-0.2, 0) is 4.79 Å². The van der Waals surface area contributed by atoms with E-state index in [0.717, 1.165) is 42.2 Å². The molecule has 0 spiro atoms. The Morgan fingerprint density at radius 1 is 1.14 bits per heavy atom. The van der Waals surface area contributed by atoms with Gasteiger partial charge < -0.3 is 10.1 Å². The summed E-state index contributed by atoms with van der Waals surface area (Å²) in [6.45, 7) is 2.80. The number of ether oxygens (including phenoxy) is 1. The van der Waals surface area contributed by atoms with E-state index in [2.05, 4.69) is 29.4 Å². The molecule has 0 bridgehead atoms. The molecule has 4 nitrogen and oxygen atoms in total. The third-order valence-corrected chi connectivity index (χ3v) is 5.79. The summed E-state index contributed by atoms with van der Waals surface area (Å²) in [5.74, 6) is 1.80. The Balaban J connectivity index is 1.44. The molecule has 0 saturated heterocycles. The third kappa shape index (κ3) is 6.39. The smallest absolute Gasteiger partial charge is 0.226 e. The number of hydrogen-bond acceptors (Lipinski definition) is 5. The molecule has 6 heteroatoms. The molecule has 0 fully saturated rings. The van der Waals surface area contributed by atoms with Crippen LogP contribution in [0.15, 0.2) is 64.9 Å². The number of benzene rings is 2. The van der Waals surface area contributed by atoms with Crippen molar-refractivity contribution in [3.8, 4) is 17.0 Å². The van der Waals surface area contributed by atoms with Crippen molar-refractivity contribution in [2.45, 2.75) is 31.1 Å². The molecule has 0 atom stereocenters. The lowest BCUT2D eigenvalue weighted by atomic mass is 10.2. The first-order valence-corrected chi connectivity index (χ1v) is 11.3. The molecule has 3 rings (SSSR count). The van der Waals surface area contributed by atoms with Gasteiger partial charge in [0, 0.05) is 22.3 Å². The van der Waals surface area contributed by atoms with Crippen molar-refractivity contribution in [3.05, 3.63) is 60.0 Å². The number of rotatable bonds is 10. The molecule has 0 aliphatic rings. The minimum atomic E-state index is 0.0119. The summed E-state index contributed by atoms with van der Waals surface area (Å²) in [5, 5.41) is 5.51. The summed E-state index contributed by atoms with van der Waals surface area (Å²) < 4.78 is 5.60. The molecular weight excluding hydrogens is 388 g/mol. The van der Waals surface area contributed by atoms with E-state index < -0.39 is 0 Å². The molecule has 0 unspecified atom stereocenters. The van der Waals surface area contributed by atoms with Crippen LogP contribution < -0.4 is 10.1 Å². The van der Waals surface area contributed by atoms with E-state index in [1.165, 1.54) is 16.2 Å². The molecule has 28 heavy (non-hydrogen) atoms.